The van der Waals surface area contributed by atoms with Crippen molar-refractivity contribution in [2.75, 3.05) is 0 Å². The van der Waals surface area contributed by atoms with Gasteiger partial charge in [0.1, 0.15) is 10.0 Å². The van der Waals surface area contributed by atoms with Crippen molar-refractivity contribution in [3.05, 3.63) is 94.1 Å². The summed E-state index contributed by atoms with van der Waals surface area (Å²) in [6.45, 7) is 0. The third-order valence-electron chi connectivity index (χ3n) is 4.59. The highest BCUT2D eigenvalue weighted by Gasteiger charge is 2.13. The van der Waals surface area contributed by atoms with Crippen LogP contribution in [0.3, 0.4) is 0 Å². The third-order valence-corrected chi connectivity index (χ3v) is 7.23. The molecule has 0 unspecified atom stereocenters. The molecule has 0 aliphatic heterocycles. The van der Waals surface area contributed by atoms with Crippen LogP contribution < -0.4 is 0 Å². The molecule has 2 heterocycles. The first kappa shape index (κ1) is 18.4. The van der Waals surface area contributed by atoms with Gasteiger partial charge < -0.3 is 0 Å². The lowest BCUT2D eigenvalue weighted by atomic mass is 10.1. The fourth-order valence-corrected chi connectivity index (χ4v) is 5.54. The minimum atomic E-state index is 0.976. The number of hydrogen-bond donors (Lipinski definition) is 0. The number of nitrogens with zero attached hydrogens (tertiary/aromatic N) is 2. The highest BCUT2D eigenvalue weighted by Crippen LogP contribution is 2.38. The molecule has 5 aromatic rings. The maximum atomic E-state index is 4.85. The van der Waals surface area contributed by atoms with Gasteiger partial charge in [-0.25, -0.2) is 9.97 Å². The van der Waals surface area contributed by atoms with Gasteiger partial charge in [-0.3, -0.25) is 0 Å². The molecule has 29 heavy (non-hydrogen) atoms. The van der Waals surface area contributed by atoms with Crippen molar-refractivity contribution in [1.29, 1.82) is 0 Å². The van der Waals surface area contributed by atoms with E-state index in [2.05, 4.69) is 69.8 Å². The van der Waals surface area contributed by atoms with E-state index in [9.17, 15) is 0 Å². The average Bonchev–Trinajstić information content (AvgIpc) is 3.43. The zero-order chi connectivity index (χ0) is 19.6. The van der Waals surface area contributed by atoms with E-state index in [0.29, 0.717) is 0 Å². The predicted octanol–water partition coefficient (Wildman–Crippen LogP) is 8.03. The standard InChI is InChI=1S/C24H15BrN2S2/c25-22-21(27-24(29-22)19-9-5-2-6-10-19)17-13-11-16(12-14-17)20-15-28-23(26-20)18-7-3-1-4-8-18/h1-15H. The predicted molar refractivity (Wildman–Crippen MR) is 127 cm³/mol. The number of aromatic nitrogens is 2. The van der Waals surface area contributed by atoms with Crippen molar-refractivity contribution in [3.63, 3.8) is 0 Å². The van der Waals surface area contributed by atoms with E-state index in [0.717, 1.165) is 47.4 Å². The molecule has 0 aliphatic carbocycles. The Morgan fingerprint density at radius 3 is 1.83 bits per heavy atom. The molecule has 5 rings (SSSR count). The van der Waals surface area contributed by atoms with Crippen LogP contribution in [0.1, 0.15) is 0 Å². The van der Waals surface area contributed by atoms with Gasteiger partial charge in [-0.05, 0) is 15.9 Å². The minimum absolute atomic E-state index is 0.976. The second-order valence-electron chi connectivity index (χ2n) is 6.49. The summed E-state index contributed by atoms with van der Waals surface area (Å²) in [5.74, 6) is 0. The first-order valence-electron chi connectivity index (χ1n) is 9.11. The topological polar surface area (TPSA) is 25.8 Å². The van der Waals surface area contributed by atoms with Gasteiger partial charge in [-0.2, -0.15) is 0 Å². The van der Waals surface area contributed by atoms with E-state index < -0.39 is 0 Å². The lowest BCUT2D eigenvalue weighted by Crippen LogP contribution is -1.83. The number of halogens is 1. The Morgan fingerprint density at radius 2 is 1.17 bits per heavy atom. The van der Waals surface area contributed by atoms with E-state index in [4.69, 9.17) is 9.97 Å². The molecule has 0 saturated heterocycles. The molecule has 3 aromatic carbocycles. The molecule has 0 radical (unpaired) electrons. The Labute approximate surface area is 185 Å². The summed E-state index contributed by atoms with van der Waals surface area (Å²) >= 11 is 7.02. The summed E-state index contributed by atoms with van der Waals surface area (Å²) in [4.78, 5) is 9.66. The van der Waals surface area contributed by atoms with Gasteiger partial charge in [-0.15, -0.1) is 22.7 Å². The van der Waals surface area contributed by atoms with Gasteiger partial charge in [0.25, 0.3) is 0 Å². The second-order valence-corrected chi connectivity index (χ2v) is 9.66. The van der Waals surface area contributed by atoms with Crippen molar-refractivity contribution >= 4 is 38.6 Å². The van der Waals surface area contributed by atoms with E-state index in [-0.39, 0.29) is 0 Å². The van der Waals surface area contributed by atoms with Crippen LogP contribution in [0.5, 0.6) is 0 Å². The summed E-state index contributed by atoms with van der Waals surface area (Å²) in [7, 11) is 0. The minimum Gasteiger partial charge on any atom is -0.236 e. The molecule has 2 aromatic heterocycles. The van der Waals surface area contributed by atoms with Crippen molar-refractivity contribution in [1.82, 2.24) is 9.97 Å². The lowest BCUT2D eigenvalue weighted by Gasteiger charge is -2.01. The Kier molecular flexibility index (Phi) is 5.10. The highest BCUT2D eigenvalue weighted by atomic mass is 79.9. The van der Waals surface area contributed by atoms with Crippen LogP contribution >= 0.6 is 38.6 Å². The third kappa shape index (κ3) is 3.81. The van der Waals surface area contributed by atoms with Crippen LogP contribution in [0.15, 0.2) is 94.1 Å². The SMILES string of the molecule is Brc1sc(-c2ccccc2)nc1-c1ccc(-c2csc(-c3ccccc3)n2)cc1. The fourth-order valence-electron chi connectivity index (χ4n) is 3.10. The van der Waals surface area contributed by atoms with Gasteiger partial charge in [0.15, 0.2) is 0 Å². The van der Waals surface area contributed by atoms with E-state index >= 15 is 0 Å². The quantitative estimate of drug-likeness (QED) is 0.263. The molecular weight excluding hydrogens is 460 g/mol. The van der Waals surface area contributed by atoms with E-state index in [1.54, 1.807) is 22.7 Å². The zero-order valence-corrected chi connectivity index (χ0v) is 18.5. The van der Waals surface area contributed by atoms with Crippen LogP contribution in [0.4, 0.5) is 0 Å². The average molecular weight is 475 g/mol. The van der Waals surface area contributed by atoms with Crippen LogP contribution in [0.25, 0.3) is 43.7 Å². The molecule has 5 heteroatoms. The fraction of sp³-hybridized carbons (Fsp3) is 0. The van der Waals surface area contributed by atoms with Crippen LogP contribution in [0, 0.1) is 0 Å². The number of benzene rings is 3. The van der Waals surface area contributed by atoms with Gasteiger partial charge in [-0.1, -0.05) is 84.9 Å². The molecule has 0 amide bonds. The first-order chi connectivity index (χ1) is 14.3. The Morgan fingerprint density at radius 1 is 0.586 bits per heavy atom. The lowest BCUT2D eigenvalue weighted by molar-refractivity contribution is 1.38. The summed E-state index contributed by atoms with van der Waals surface area (Å²) in [6, 6.07) is 29.0. The summed E-state index contributed by atoms with van der Waals surface area (Å²) in [5, 5.41) is 4.17. The molecule has 140 valence electrons. The highest BCUT2D eigenvalue weighted by molar-refractivity contribution is 9.11. The van der Waals surface area contributed by atoms with Crippen molar-refractivity contribution in [2.24, 2.45) is 0 Å². The molecule has 0 saturated carbocycles. The molecule has 0 fully saturated rings. The zero-order valence-electron chi connectivity index (χ0n) is 15.2. The molecule has 0 N–H and O–H groups in total. The van der Waals surface area contributed by atoms with E-state index in [1.165, 1.54) is 0 Å². The Hall–Kier alpha value is -2.60. The maximum absolute atomic E-state index is 4.85. The first-order valence-corrected chi connectivity index (χ1v) is 11.6. The van der Waals surface area contributed by atoms with Gasteiger partial charge >= 0.3 is 0 Å². The molecule has 0 aliphatic rings. The second kappa shape index (κ2) is 8.03. The molecule has 2 nitrogen and oxygen atoms in total. The van der Waals surface area contributed by atoms with Gasteiger partial charge in [0, 0.05) is 27.6 Å². The van der Waals surface area contributed by atoms with Gasteiger partial charge in [0.05, 0.1) is 15.2 Å². The normalized spacial score (nSPS) is 10.9. The summed E-state index contributed by atoms with van der Waals surface area (Å²) in [6.07, 6.45) is 0. The number of thiazole rings is 2. The van der Waals surface area contributed by atoms with E-state index in [1.807, 2.05) is 36.4 Å². The molecule has 0 bridgehead atoms. The number of rotatable bonds is 4. The summed E-state index contributed by atoms with van der Waals surface area (Å²) in [5.41, 5.74) is 6.47. The molecular formula is C24H15BrN2S2. The largest absolute Gasteiger partial charge is 0.236 e. The van der Waals surface area contributed by atoms with Crippen LogP contribution in [-0.2, 0) is 0 Å². The van der Waals surface area contributed by atoms with Crippen LogP contribution in [-0.4, -0.2) is 9.97 Å². The van der Waals surface area contributed by atoms with Gasteiger partial charge in [0.2, 0.25) is 0 Å². The van der Waals surface area contributed by atoms with Crippen molar-refractivity contribution < 1.29 is 0 Å². The summed E-state index contributed by atoms with van der Waals surface area (Å²) < 4.78 is 1.05. The van der Waals surface area contributed by atoms with Crippen molar-refractivity contribution in [3.8, 4) is 43.7 Å². The Bertz CT molecular complexity index is 1240. The maximum Gasteiger partial charge on any atom is 0.125 e. The monoisotopic (exact) mass is 474 g/mol. The Balaban J connectivity index is 1.43. The molecule has 0 spiro atoms. The van der Waals surface area contributed by atoms with Crippen LogP contribution in [0.2, 0.25) is 0 Å². The molecule has 0 atom stereocenters. The smallest absolute Gasteiger partial charge is 0.125 e. The van der Waals surface area contributed by atoms with Crippen molar-refractivity contribution in [2.45, 2.75) is 0 Å². The number of hydrogen-bond acceptors (Lipinski definition) is 4.